The third kappa shape index (κ3) is 3.16. The van der Waals surface area contributed by atoms with Crippen molar-refractivity contribution in [2.24, 2.45) is 0 Å². The molecule has 5 heteroatoms. The van der Waals surface area contributed by atoms with Gasteiger partial charge in [-0.25, -0.2) is 0 Å². The molecule has 0 aliphatic carbocycles. The van der Waals surface area contributed by atoms with Crippen LogP contribution in [0.3, 0.4) is 0 Å². The van der Waals surface area contributed by atoms with Gasteiger partial charge in [0.2, 0.25) is 5.75 Å². The Kier molecular flexibility index (Phi) is 5.32. The van der Waals surface area contributed by atoms with Crippen molar-refractivity contribution in [1.82, 2.24) is 0 Å². The summed E-state index contributed by atoms with van der Waals surface area (Å²) < 4.78 is 17.1. The molecule has 0 aromatic heterocycles. The molecule has 1 aromatic rings. The van der Waals surface area contributed by atoms with Gasteiger partial charge in [0.15, 0.2) is 11.5 Å². The molecule has 0 saturated carbocycles. The predicted molar refractivity (Wildman–Crippen MR) is 74.9 cm³/mol. The van der Waals surface area contributed by atoms with Crippen LogP contribution in [0, 0.1) is 3.57 Å². The van der Waals surface area contributed by atoms with E-state index in [1.807, 2.05) is 6.07 Å². The van der Waals surface area contributed by atoms with Crippen LogP contribution in [-0.2, 0) is 6.42 Å². The highest BCUT2D eigenvalue weighted by Gasteiger charge is 2.19. The maximum absolute atomic E-state index is 5.40. The maximum Gasteiger partial charge on any atom is 0.204 e. The highest BCUT2D eigenvalue weighted by atomic mass is 127. The molecule has 0 amide bonds. The molecule has 3 N–H and O–H groups in total. The Balaban J connectivity index is 3.34. The van der Waals surface area contributed by atoms with Crippen molar-refractivity contribution >= 4 is 22.6 Å². The van der Waals surface area contributed by atoms with Crippen LogP contribution in [0.2, 0.25) is 0 Å². The van der Waals surface area contributed by atoms with Crippen LogP contribution in [-0.4, -0.2) is 27.4 Å². The van der Waals surface area contributed by atoms with E-state index in [-0.39, 0.29) is 0 Å². The summed E-state index contributed by atoms with van der Waals surface area (Å²) in [6, 6.07) is 2.33. The van der Waals surface area contributed by atoms with Crippen LogP contribution in [0.25, 0.3) is 0 Å². The standard InChI is InChI=1S/C12H18INO3/c1-7(14)5-8-6-9(15-2)11(16-3)12(17-4)10(8)13/h6-7H,5,14H2,1-4H3/p+1. The molecule has 0 fully saturated rings. The zero-order valence-corrected chi connectivity index (χ0v) is 12.8. The van der Waals surface area contributed by atoms with Crippen LogP contribution in [0.5, 0.6) is 17.2 Å². The largest absolute Gasteiger partial charge is 0.493 e. The van der Waals surface area contributed by atoms with Gasteiger partial charge in [-0.05, 0) is 41.1 Å². The van der Waals surface area contributed by atoms with Crippen LogP contribution in [0.15, 0.2) is 6.07 Å². The fraction of sp³-hybridized carbons (Fsp3) is 0.500. The van der Waals surface area contributed by atoms with Crippen molar-refractivity contribution in [2.45, 2.75) is 19.4 Å². The van der Waals surface area contributed by atoms with Crippen LogP contribution in [0.1, 0.15) is 12.5 Å². The summed E-state index contributed by atoms with van der Waals surface area (Å²) >= 11 is 2.27. The Morgan fingerprint density at radius 3 is 2.18 bits per heavy atom. The van der Waals surface area contributed by atoms with Gasteiger partial charge in [0.1, 0.15) is 0 Å². The van der Waals surface area contributed by atoms with E-state index in [2.05, 4.69) is 35.2 Å². The second-order valence-electron chi connectivity index (χ2n) is 3.93. The first kappa shape index (κ1) is 14.4. The van der Waals surface area contributed by atoms with E-state index in [0.717, 1.165) is 15.7 Å². The molecule has 0 bridgehead atoms. The molecule has 17 heavy (non-hydrogen) atoms. The summed E-state index contributed by atoms with van der Waals surface area (Å²) in [6.07, 6.45) is 0.884. The van der Waals surface area contributed by atoms with Crippen molar-refractivity contribution in [3.8, 4) is 17.2 Å². The first-order valence-electron chi connectivity index (χ1n) is 5.35. The monoisotopic (exact) mass is 352 g/mol. The summed E-state index contributed by atoms with van der Waals surface area (Å²) in [5, 5.41) is 0. The number of quaternary nitrogens is 1. The lowest BCUT2D eigenvalue weighted by molar-refractivity contribution is -0.413. The number of methoxy groups -OCH3 is 3. The maximum atomic E-state index is 5.40. The lowest BCUT2D eigenvalue weighted by Crippen LogP contribution is -2.60. The smallest absolute Gasteiger partial charge is 0.204 e. The van der Waals surface area contributed by atoms with E-state index in [9.17, 15) is 0 Å². The van der Waals surface area contributed by atoms with E-state index in [1.54, 1.807) is 21.3 Å². The quantitative estimate of drug-likeness (QED) is 0.817. The van der Waals surface area contributed by atoms with Gasteiger partial charge >= 0.3 is 0 Å². The lowest BCUT2D eigenvalue weighted by Gasteiger charge is -2.17. The highest BCUT2D eigenvalue weighted by Crippen LogP contribution is 2.42. The molecule has 0 aliphatic heterocycles. The topological polar surface area (TPSA) is 55.3 Å². The van der Waals surface area contributed by atoms with Gasteiger partial charge in [-0.2, -0.15) is 0 Å². The summed E-state index contributed by atoms with van der Waals surface area (Å²) in [5.74, 6) is 2.06. The lowest BCUT2D eigenvalue weighted by atomic mass is 10.1. The predicted octanol–water partition coefficient (Wildman–Crippen LogP) is 1.49. The van der Waals surface area contributed by atoms with Gasteiger partial charge in [0.05, 0.1) is 30.9 Å². The third-order valence-electron chi connectivity index (χ3n) is 2.41. The molecular formula is C12H19INO3+. The Bertz CT molecular complexity index is 394. The number of benzene rings is 1. The van der Waals surface area contributed by atoms with Crippen LogP contribution in [0.4, 0.5) is 0 Å². The van der Waals surface area contributed by atoms with E-state index < -0.39 is 0 Å². The SMILES string of the molecule is COc1cc(CC(C)[NH3+])c(I)c(OC)c1OC. The van der Waals surface area contributed by atoms with Crippen molar-refractivity contribution in [3.05, 3.63) is 15.2 Å². The van der Waals surface area contributed by atoms with E-state index in [1.165, 1.54) is 5.56 Å². The summed E-state index contributed by atoms with van der Waals surface area (Å²) in [7, 11) is 4.87. The molecule has 1 rings (SSSR count). The summed E-state index contributed by atoms with van der Waals surface area (Å²) in [6.45, 7) is 2.08. The minimum absolute atomic E-state index is 0.339. The van der Waals surface area contributed by atoms with Crippen LogP contribution >= 0.6 is 22.6 Å². The number of rotatable bonds is 5. The normalized spacial score (nSPS) is 12.1. The minimum atomic E-state index is 0.339. The van der Waals surface area contributed by atoms with Crippen LogP contribution < -0.4 is 19.9 Å². The molecule has 0 heterocycles. The molecule has 4 nitrogen and oxygen atoms in total. The highest BCUT2D eigenvalue weighted by molar-refractivity contribution is 14.1. The summed E-state index contributed by atoms with van der Waals surface area (Å²) in [5.41, 5.74) is 5.18. The molecule has 0 radical (unpaired) electrons. The molecule has 96 valence electrons. The Labute approximate surface area is 116 Å². The average Bonchev–Trinajstić information content (AvgIpc) is 2.30. The number of hydrogen-bond donors (Lipinski definition) is 1. The van der Waals surface area contributed by atoms with Crippen molar-refractivity contribution in [2.75, 3.05) is 21.3 Å². The molecule has 0 spiro atoms. The zero-order valence-electron chi connectivity index (χ0n) is 10.7. The zero-order chi connectivity index (χ0) is 13.0. The second kappa shape index (κ2) is 6.30. The number of hydrogen-bond acceptors (Lipinski definition) is 3. The number of ether oxygens (including phenoxy) is 3. The average molecular weight is 352 g/mol. The second-order valence-corrected chi connectivity index (χ2v) is 5.01. The number of halogens is 1. The van der Waals surface area contributed by atoms with Gasteiger partial charge in [0, 0.05) is 6.42 Å². The Hall–Kier alpha value is -0.690. The van der Waals surface area contributed by atoms with E-state index >= 15 is 0 Å². The Morgan fingerprint density at radius 1 is 1.18 bits per heavy atom. The molecule has 1 unspecified atom stereocenters. The van der Waals surface area contributed by atoms with Gasteiger partial charge in [0.25, 0.3) is 0 Å². The van der Waals surface area contributed by atoms with Crippen molar-refractivity contribution in [1.29, 1.82) is 0 Å². The fourth-order valence-corrected chi connectivity index (χ4v) is 2.54. The van der Waals surface area contributed by atoms with E-state index in [4.69, 9.17) is 14.2 Å². The molecule has 1 atom stereocenters. The molecule has 1 aromatic carbocycles. The molecule has 0 saturated heterocycles. The Morgan fingerprint density at radius 2 is 1.76 bits per heavy atom. The fourth-order valence-electron chi connectivity index (χ4n) is 1.70. The van der Waals surface area contributed by atoms with Crippen molar-refractivity contribution in [3.63, 3.8) is 0 Å². The third-order valence-corrected chi connectivity index (χ3v) is 3.60. The van der Waals surface area contributed by atoms with Gasteiger partial charge < -0.3 is 19.9 Å². The van der Waals surface area contributed by atoms with Gasteiger partial charge in [-0.1, -0.05) is 0 Å². The summed E-state index contributed by atoms with van der Waals surface area (Å²) in [4.78, 5) is 0. The van der Waals surface area contributed by atoms with E-state index in [0.29, 0.717) is 17.5 Å². The molecular weight excluding hydrogens is 333 g/mol. The van der Waals surface area contributed by atoms with Gasteiger partial charge in [-0.3, -0.25) is 0 Å². The first-order chi connectivity index (χ1) is 8.04. The minimum Gasteiger partial charge on any atom is -0.493 e. The molecule has 0 aliphatic rings. The van der Waals surface area contributed by atoms with Crippen molar-refractivity contribution < 1.29 is 19.9 Å². The first-order valence-corrected chi connectivity index (χ1v) is 6.43. The van der Waals surface area contributed by atoms with Gasteiger partial charge in [-0.15, -0.1) is 0 Å².